The minimum Gasteiger partial charge on any atom is -0.497 e. The number of hydrogen-bond donors (Lipinski definition) is 1. The van der Waals surface area contributed by atoms with E-state index in [1.165, 1.54) is 12.0 Å². The Bertz CT molecular complexity index is 896. The molecule has 2 aromatic rings. The first kappa shape index (κ1) is 19.0. The third-order valence-electron chi connectivity index (χ3n) is 4.68. The van der Waals surface area contributed by atoms with Crippen LogP contribution in [0.2, 0.25) is 0 Å². The monoisotopic (exact) mass is 387 g/mol. The first-order valence-corrected chi connectivity index (χ1v) is 8.13. The lowest BCUT2D eigenvalue weighted by atomic mass is 10.0. The van der Waals surface area contributed by atoms with Gasteiger partial charge in [-0.2, -0.15) is 22.5 Å². The second-order valence-electron chi connectivity index (χ2n) is 6.21. The minimum atomic E-state index is -4.75. The Morgan fingerprint density at radius 1 is 1.30 bits per heavy atom. The van der Waals surface area contributed by atoms with Gasteiger partial charge in [0.1, 0.15) is 11.8 Å². The summed E-state index contributed by atoms with van der Waals surface area (Å²) in [5.41, 5.74) is -0.822. The maximum absolute atomic E-state index is 13.8. The van der Waals surface area contributed by atoms with Crippen LogP contribution in [-0.4, -0.2) is 34.5 Å². The van der Waals surface area contributed by atoms with E-state index in [2.05, 4.69) is 4.98 Å². The molecule has 0 amide bonds. The Balaban J connectivity index is 2.10. The number of halogens is 4. The lowest BCUT2D eigenvalue weighted by Crippen LogP contribution is -2.47. The van der Waals surface area contributed by atoms with Crippen molar-refractivity contribution in [1.82, 2.24) is 9.55 Å². The molecule has 27 heavy (non-hydrogen) atoms. The number of benzene rings is 1. The summed E-state index contributed by atoms with van der Waals surface area (Å²) in [6.45, 7) is 1.64. The highest BCUT2D eigenvalue weighted by atomic mass is 19.4. The van der Waals surface area contributed by atoms with Gasteiger partial charge in [-0.25, -0.2) is 0 Å². The molecule has 3 rings (SSSR count). The van der Waals surface area contributed by atoms with Crippen molar-refractivity contribution >= 4 is 5.95 Å². The summed E-state index contributed by atoms with van der Waals surface area (Å²) in [5, 5.41) is 9.56. The number of alkyl halides is 3. The highest BCUT2D eigenvalue weighted by molar-refractivity contribution is 5.42. The van der Waals surface area contributed by atoms with Crippen LogP contribution in [0.1, 0.15) is 31.0 Å². The normalized spacial score (nSPS) is 18.1. The van der Waals surface area contributed by atoms with Gasteiger partial charge in [0.05, 0.1) is 13.2 Å². The largest absolute Gasteiger partial charge is 0.497 e. The first-order valence-electron chi connectivity index (χ1n) is 8.13. The number of aromatic hydroxyl groups is 1. The Morgan fingerprint density at radius 3 is 2.48 bits per heavy atom. The summed E-state index contributed by atoms with van der Waals surface area (Å²) >= 11 is 0. The Labute approximate surface area is 151 Å². The molecule has 10 heteroatoms. The van der Waals surface area contributed by atoms with Crippen LogP contribution in [0.3, 0.4) is 0 Å². The predicted molar refractivity (Wildman–Crippen MR) is 88.6 cm³/mol. The van der Waals surface area contributed by atoms with Gasteiger partial charge in [0, 0.05) is 6.54 Å². The van der Waals surface area contributed by atoms with E-state index in [-0.39, 0.29) is 11.1 Å². The highest BCUT2D eigenvalue weighted by Crippen LogP contribution is 2.40. The predicted octanol–water partition coefficient (Wildman–Crippen LogP) is 3.17. The smallest absolute Gasteiger partial charge is 0.409 e. The fourth-order valence-corrected chi connectivity index (χ4v) is 3.20. The minimum absolute atomic E-state index is 0.0745. The number of nitrogens with zero attached hydrogens (tertiary/aromatic N) is 3. The molecule has 146 valence electrons. The molecule has 1 aliphatic heterocycles. The van der Waals surface area contributed by atoms with E-state index < -0.39 is 47.9 Å². The molecule has 1 N–H and O–H groups in total. The quantitative estimate of drug-likeness (QED) is 0.820. The van der Waals surface area contributed by atoms with Crippen LogP contribution in [0.15, 0.2) is 29.1 Å². The third kappa shape index (κ3) is 3.31. The molecule has 1 aromatic carbocycles. The van der Waals surface area contributed by atoms with Crippen LogP contribution in [0.4, 0.5) is 23.5 Å². The van der Waals surface area contributed by atoms with Crippen LogP contribution in [0.5, 0.6) is 11.6 Å². The molecular weight excluding hydrogens is 370 g/mol. The number of ether oxygens (including phenoxy) is 1. The molecule has 0 saturated carbocycles. The van der Waals surface area contributed by atoms with E-state index in [4.69, 9.17) is 4.74 Å². The van der Waals surface area contributed by atoms with Gasteiger partial charge in [0.25, 0.3) is 11.4 Å². The molecule has 0 spiro atoms. The van der Waals surface area contributed by atoms with Crippen LogP contribution in [0, 0.1) is 5.82 Å². The van der Waals surface area contributed by atoms with E-state index in [0.717, 1.165) is 5.56 Å². The van der Waals surface area contributed by atoms with Crippen molar-refractivity contribution in [3.63, 3.8) is 0 Å². The van der Waals surface area contributed by atoms with Gasteiger partial charge in [-0.05, 0) is 31.0 Å². The number of anilines is 1. The van der Waals surface area contributed by atoms with Crippen molar-refractivity contribution in [2.24, 2.45) is 0 Å². The van der Waals surface area contributed by atoms with Crippen LogP contribution >= 0.6 is 0 Å². The highest BCUT2D eigenvalue weighted by Gasteiger charge is 2.47. The Hall–Kier alpha value is -2.78. The average molecular weight is 387 g/mol. The molecule has 0 radical (unpaired) electrons. The standard InChI is InChI=1S/C17H17F4N3O3/c1-9(10-3-5-11(27-2)6-4-10)23-8-7-12(17(19,20)21)24-15(26)13(18)14(25)22-16(23)24/h3-6,9,12,25H,7-8H2,1-2H3/t9-,12+/m0/s1. The molecule has 2 heterocycles. The zero-order valence-electron chi connectivity index (χ0n) is 14.5. The van der Waals surface area contributed by atoms with E-state index in [1.54, 1.807) is 31.2 Å². The Morgan fingerprint density at radius 2 is 1.93 bits per heavy atom. The van der Waals surface area contributed by atoms with Crippen molar-refractivity contribution in [2.75, 3.05) is 18.6 Å². The molecule has 0 saturated heterocycles. The number of methoxy groups -OCH3 is 1. The fraction of sp³-hybridized carbons (Fsp3) is 0.412. The molecule has 6 nitrogen and oxygen atoms in total. The zero-order chi connectivity index (χ0) is 19.9. The van der Waals surface area contributed by atoms with E-state index >= 15 is 0 Å². The molecule has 1 aliphatic rings. The van der Waals surface area contributed by atoms with E-state index in [9.17, 15) is 27.5 Å². The third-order valence-corrected chi connectivity index (χ3v) is 4.68. The zero-order valence-corrected chi connectivity index (χ0v) is 14.5. The van der Waals surface area contributed by atoms with Crippen LogP contribution in [0.25, 0.3) is 0 Å². The van der Waals surface area contributed by atoms with Gasteiger partial charge in [-0.1, -0.05) is 12.1 Å². The molecular formula is C17H17F4N3O3. The average Bonchev–Trinajstić information content (AvgIpc) is 2.64. The molecule has 2 atom stereocenters. The van der Waals surface area contributed by atoms with Crippen LogP contribution < -0.4 is 15.2 Å². The number of hydrogen-bond acceptors (Lipinski definition) is 5. The molecule has 0 fully saturated rings. The fourth-order valence-electron chi connectivity index (χ4n) is 3.20. The SMILES string of the molecule is COc1ccc([C@H](C)N2CC[C@H](C(F)(F)F)n3c2nc(O)c(F)c3=O)cc1. The number of aromatic nitrogens is 2. The topological polar surface area (TPSA) is 67.6 Å². The van der Waals surface area contributed by atoms with Gasteiger partial charge in [0.15, 0.2) is 0 Å². The maximum Gasteiger partial charge on any atom is 0.409 e. The maximum atomic E-state index is 13.8. The lowest BCUT2D eigenvalue weighted by molar-refractivity contribution is -0.171. The van der Waals surface area contributed by atoms with E-state index in [0.29, 0.717) is 5.75 Å². The second-order valence-corrected chi connectivity index (χ2v) is 6.21. The molecule has 0 unspecified atom stereocenters. The van der Waals surface area contributed by atoms with Crippen molar-refractivity contribution in [3.05, 3.63) is 46.0 Å². The van der Waals surface area contributed by atoms with Crippen LogP contribution in [-0.2, 0) is 0 Å². The van der Waals surface area contributed by atoms with Crippen molar-refractivity contribution in [2.45, 2.75) is 31.6 Å². The van der Waals surface area contributed by atoms with Gasteiger partial charge in [-0.3, -0.25) is 9.36 Å². The molecule has 0 bridgehead atoms. The van der Waals surface area contributed by atoms with Gasteiger partial charge >= 0.3 is 6.18 Å². The lowest BCUT2D eigenvalue weighted by Gasteiger charge is -2.39. The van der Waals surface area contributed by atoms with Crippen molar-refractivity contribution in [1.29, 1.82) is 0 Å². The summed E-state index contributed by atoms with van der Waals surface area (Å²) in [6, 6.07) is 4.15. The summed E-state index contributed by atoms with van der Waals surface area (Å²) in [4.78, 5) is 17.1. The van der Waals surface area contributed by atoms with Gasteiger partial charge < -0.3 is 14.7 Å². The summed E-state index contributed by atoms with van der Waals surface area (Å²) in [7, 11) is 1.50. The summed E-state index contributed by atoms with van der Waals surface area (Å²) in [6.07, 6.45) is -5.19. The number of fused-ring (bicyclic) bond motifs is 1. The van der Waals surface area contributed by atoms with E-state index in [1.807, 2.05) is 0 Å². The number of rotatable bonds is 3. The Kier molecular flexibility index (Phi) is 4.75. The second kappa shape index (κ2) is 6.75. The summed E-state index contributed by atoms with van der Waals surface area (Å²) in [5.74, 6) is -2.74. The molecule has 1 aromatic heterocycles. The summed E-state index contributed by atoms with van der Waals surface area (Å²) < 4.78 is 59.2. The first-order chi connectivity index (χ1) is 12.6. The molecule has 0 aliphatic carbocycles. The van der Waals surface area contributed by atoms with Crippen molar-refractivity contribution < 1.29 is 27.4 Å². The van der Waals surface area contributed by atoms with Gasteiger partial charge in [0.2, 0.25) is 11.8 Å². The van der Waals surface area contributed by atoms with Crippen molar-refractivity contribution in [3.8, 4) is 11.6 Å². The van der Waals surface area contributed by atoms with Gasteiger partial charge in [-0.15, -0.1) is 0 Å².